The van der Waals surface area contributed by atoms with Gasteiger partial charge in [0, 0.05) is 38.8 Å². The number of para-hydroxylation sites is 1. The molecule has 0 aromatic heterocycles. The minimum atomic E-state index is -0.196. The van der Waals surface area contributed by atoms with E-state index in [0.29, 0.717) is 13.1 Å². The van der Waals surface area contributed by atoms with Crippen molar-refractivity contribution in [2.75, 3.05) is 31.5 Å². The molecule has 1 aromatic rings. The van der Waals surface area contributed by atoms with Crippen LogP contribution in [-0.4, -0.2) is 53.8 Å². The standard InChI is InChI=1S/C16H23N3O2/c1-12-6-4-5-7-15(12)17-16(21)13(2)18-8-10-19(11-9-18)14(3)20/h4-7,13H,8-11H2,1-3H3,(H,17,21). The third-order valence-electron chi connectivity index (χ3n) is 4.09. The number of aryl methyl sites for hydroxylation is 1. The van der Waals surface area contributed by atoms with Crippen LogP contribution in [0.25, 0.3) is 0 Å². The van der Waals surface area contributed by atoms with Gasteiger partial charge in [0.25, 0.3) is 0 Å². The van der Waals surface area contributed by atoms with Gasteiger partial charge in [-0.15, -0.1) is 0 Å². The first-order valence-electron chi connectivity index (χ1n) is 7.35. The summed E-state index contributed by atoms with van der Waals surface area (Å²) in [6, 6.07) is 7.56. The highest BCUT2D eigenvalue weighted by Crippen LogP contribution is 2.15. The van der Waals surface area contributed by atoms with Gasteiger partial charge in [-0.05, 0) is 25.5 Å². The van der Waals surface area contributed by atoms with Crippen LogP contribution in [0.3, 0.4) is 0 Å². The molecule has 1 N–H and O–H groups in total. The van der Waals surface area contributed by atoms with Crippen molar-refractivity contribution >= 4 is 17.5 Å². The molecule has 1 saturated heterocycles. The first-order chi connectivity index (χ1) is 9.99. The van der Waals surface area contributed by atoms with E-state index in [-0.39, 0.29) is 17.9 Å². The number of rotatable bonds is 3. The highest BCUT2D eigenvalue weighted by atomic mass is 16.2. The van der Waals surface area contributed by atoms with Crippen LogP contribution in [0.2, 0.25) is 0 Å². The summed E-state index contributed by atoms with van der Waals surface area (Å²) in [7, 11) is 0. The SMILES string of the molecule is CC(=O)N1CCN(C(C)C(=O)Nc2ccccc2C)CC1. The Kier molecular flexibility index (Phi) is 4.96. The average molecular weight is 289 g/mol. The van der Waals surface area contributed by atoms with Crippen molar-refractivity contribution in [2.24, 2.45) is 0 Å². The zero-order chi connectivity index (χ0) is 15.4. The van der Waals surface area contributed by atoms with Crippen LogP contribution < -0.4 is 5.32 Å². The van der Waals surface area contributed by atoms with Crippen molar-refractivity contribution < 1.29 is 9.59 Å². The van der Waals surface area contributed by atoms with Gasteiger partial charge in [-0.25, -0.2) is 0 Å². The maximum absolute atomic E-state index is 12.3. The van der Waals surface area contributed by atoms with Crippen LogP contribution in [0.15, 0.2) is 24.3 Å². The van der Waals surface area contributed by atoms with E-state index in [9.17, 15) is 9.59 Å². The van der Waals surface area contributed by atoms with Crippen molar-refractivity contribution in [3.05, 3.63) is 29.8 Å². The molecule has 5 nitrogen and oxygen atoms in total. The van der Waals surface area contributed by atoms with Crippen LogP contribution >= 0.6 is 0 Å². The molecule has 1 aromatic carbocycles. The summed E-state index contributed by atoms with van der Waals surface area (Å²) in [5.41, 5.74) is 1.91. The summed E-state index contributed by atoms with van der Waals surface area (Å²) < 4.78 is 0. The van der Waals surface area contributed by atoms with Gasteiger partial charge in [0.1, 0.15) is 0 Å². The van der Waals surface area contributed by atoms with E-state index in [1.165, 1.54) is 0 Å². The third-order valence-corrected chi connectivity index (χ3v) is 4.09. The highest BCUT2D eigenvalue weighted by Gasteiger charge is 2.26. The number of nitrogens with one attached hydrogen (secondary N) is 1. The molecule has 1 unspecified atom stereocenters. The van der Waals surface area contributed by atoms with E-state index in [1.807, 2.05) is 43.0 Å². The van der Waals surface area contributed by atoms with E-state index >= 15 is 0 Å². The maximum Gasteiger partial charge on any atom is 0.241 e. The van der Waals surface area contributed by atoms with E-state index in [2.05, 4.69) is 10.2 Å². The molecule has 1 aliphatic rings. The minimum Gasteiger partial charge on any atom is -0.340 e. The quantitative estimate of drug-likeness (QED) is 0.917. The van der Waals surface area contributed by atoms with E-state index in [0.717, 1.165) is 24.3 Å². The van der Waals surface area contributed by atoms with E-state index in [4.69, 9.17) is 0 Å². The Labute approximate surface area is 125 Å². The third kappa shape index (κ3) is 3.82. The second-order valence-electron chi connectivity index (χ2n) is 5.52. The number of benzene rings is 1. The van der Waals surface area contributed by atoms with Crippen LogP contribution in [0.1, 0.15) is 19.4 Å². The topological polar surface area (TPSA) is 52.7 Å². The molecule has 0 saturated carbocycles. The van der Waals surface area contributed by atoms with Gasteiger partial charge in [-0.1, -0.05) is 18.2 Å². The van der Waals surface area contributed by atoms with E-state index in [1.54, 1.807) is 6.92 Å². The fourth-order valence-electron chi connectivity index (χ4n) is 2.54. The number of carbonyl (C=O) groups excluding carboxylic acids is 2. The van der Waals surface area contributed by atoms with Gasteiger partial charge >= 0.3 is 0 Å². The Morgan fingerprint density at radius 1 is 1.14 bits per heavy atom. The molecular formula is C16H23N3O2. The average Bonchev–Trinajstić information content (AvgIpc) is 2.49. The van der Waals surface area contributed by atoms with Gasteiger partial charge in [-0.3, -0.25) is 14.5 Å². The lowest BCUT2D eigenvalue weighted by atomic mass is 10.1. The number of hydrogen-bond acceptors (Lipinski definition) is 3. The lowest BCUT2D eigenvalue weighted by Crippen LogP contribution is -2.53. The molecule has 1 atom stereocenters. The number of piperazine rings is 1. The van der Waals surface area contributed by atoms with Gasteiger partial charge < -0.3 is 10.2 Å². The summed E-state index contributed by atoms with van der Waals surface area (Å²) in [5, 5.41) is 2.98. The Morgan fingerprint density at radius 2 is 1.76 bits per heavy atom. The zero-order valence-electron chi connectivity index (χ0n) is 12.9. The molecule has 1 heterocycles. The molecule has 5 heteroatoms. The Morgan fingerprint density at radius 3 is 2.33 bits per heavy atom. The van der Waals surface area contributed by atoms with Crippen molar-refractivity contribution in [1.29, 1.82) is 0 Å². The monoisotopic (exact) mass is 289 g/mol. The molecule has 1 fully saturated rings. The highest BCUT2D eigenvalue weighted by molar-refractivity contribution is 5.95. The molecule has 114 valence electrons. The summed E-state index contributed by atoms with van der Waals surface area (Å²) in [4.78, 5) is 27.6. The maximum atomic E-state index is 12.3. The summed E-state index contributed by atoms with van der Waals surface area (Å²) in [6.07, 6.45) is 0. The van der Waals surface area contributed by atoms with Crippen LogP contribution in [-0.2, 0) is 9.59 Å². The van der Waals surface area contributed by atoms with Crippen LogP contribution in [0, 0.1) is 6.92 Å². The number of carbonyl (C=O) groups is 2. The zero-order valence-corrected chi connectivity index (χ0v) is 12.9. The Hall–Kier alpha value is -1.88. The normalized spacial score (nSPS) is 17.4. The molecule has 0 radical (unpaired) electrons. The summed E-state index contributed by atoms with van der Waals surface area (Å²) in [5.74, 6) is 0.104. The number of hydrogen-bond donors (Lipinski definition) is 1. The van der Waals surface area contributed by atoms with E-state index < -0.39 is 0 Å². The van der Waals surface area contributed by atoms with Gasteiger partial charge in [0.05, 0.1) is 6.04 Å². The Bertz CT molecular complexity index is 522. The first-order valence-corrected chi connectivity index (χ1v) is 7.35. The van der Waals surface area contributed by atoms with Gasteiger partial charge in [0.15, 0.2) is 0 Å². The predicted molar refractivity (Wildman–Crippen MR) is 83.1 cm³/mol. The van der Waals surface area contributed by atoms with Gasteiger partial charge in [-0.2, -0.15) is 0 Å². The Balaban J connectivity index is 1.92. The minimum absolute atomic E-state index is 0.000532. The fraction of sp³-hybridized carbons (Fsp3) is 0.500. The molecule has 0 aliphatic carbocycles. The van der Waals surface area contributed by atoms with Crippen molar-refractivity contribution in [3.8, 4) is 0 Å². The largest absolute Gasteiger partial charge is 0.340 e. The lowest BCUT2D eigenvalue weighted by Gasteiger charge is -2.37. The summed E-state index contributed by atoms with van der Waals surface area (Å²) >= 11 is 0. The molecule has 2 rings (SSSR count). The molecular weight excluding hydrogens is 266 g/mol. The molecule has 0 spiro atoms. The first kappa shape index (κ1) is 15.5. The second-order valence-corrected chi connectivity index (χ2v) is 5.52. The predicted octanol–water partition coefficient (Wildman–Crippen LogP) is 1.49. The number of amides is 2. The number of nitrogens with zero attached hydrogens (tertiary/aromatic N) is 2. The molecule has 2 amide bonds. The lowest BCUT2D eigenvalue weighted by molar-refractivity contribution is -0.131. The number of anilines is 1. The fourth-order valence-corrected chi connectivity index (χ4v) is 2.54. The van der Waals surface area contributed by atoms with Crippen LogP contribution in [0.5, 0.6) is 0 Å². The van der Waals surface area contributed by atoms with Crippen molar-refractivity contribution in [3.63, 3.8) is 0 Å². The smallest absolute Gasteiger partial charge is 0.241 e. The van der Waals surface area contributed by atoms with Crippen molar-refractivity contribution in [2.45, 2.75) is 26.8 Å². The summed E-state index contributed by atoms with van der Waals surface area (Å²) in [6.45, 7) is 8.34. The van der Waals surface area contributed by atoms with Gasteiger partial charge in [0.2, 0.25) is 11.8 Å². The molecule has 0 bridgehead atoms. The van der Waals surface area contributed by atoms with Crippen LogP contribution in [0.4, 0.5) is 5.69 Å². The second kappa shape index (κ2) is 6.72. The molecule has 21 heavy (non-hydrogen) atoms. The van der Waals surface area contributed by atoms with Crippen molar-refractivity contribution in [1.82, 2.24) is 9.80 Å². The molecule has 1 aliphatic heterocycles.